The molecule has 0 aliphatic carbocycles. The van der Waals surface area contributed by atoms with Gasteiger partial charge in [-0.1, -0.05) is 13.8 Å². The van der Waals surface area contributed by atoms with Crippen LogP contribution in [0.15, 0.2) is 0 Å². The van der Waals surface area contributed by atoms with Crippen LogP contribution in [-0.2, 0) is 0 Å². The van der Waals surface area contributed by atoms with Crippen LogP contribution in [0, 0.1) is 5.92 Å². The van der Waals surface area contributed by atoms with E-state index in [9.17, 15) is 0 Å². The number of nitrogens with one attached hydrogen (secondary N) is 1. The van der Waals surface area contributed by atoms with Crippen LogP contribution in [0.25, 0.3) is 0 Å². The van der Waals surface area contributed by atoms with Gasteiger partial charge in [-0.15, -0.1) is 0 Å². The van der Waals surface area contributed by atoms with Crippen molar-refractivity contribution < 1.29 is 0 Å². The highest BCUT2D eigenvalue weighted by molar-refractivity contribution is 4.88. The maximum atomic E-state index is 3.71. The highest BCUT2D eigenvalue weighted by Gasteiger charge is 2.31. The van der Waals surface area contributed by atoms with E-state index in [0.29, 0.717) is 0 Å². The van der Waals surface area contributed by atoms with Crippen LogP contribution in [0.1, 0.15) is 39.5 Å². The Morgan fingerprint density at radius 3 is 2.72 bits per heavy atom. The average Bonchev–Trinajstić information content (AvgIpc) is 2.36. The summed E-state index contributed by atoms with van der Waals surface area (Å²) in [5.41, 5.74) is 0. The minimum atomic E-state index is 0.741. The third-order valence-electron chi connectivity index (χ3n) is 4.67. The van der Waals surface area contributed by atoms with Gasteiger partial charge in [-0.2, -0.15) is 0 Å². The largest absolute Gasteiger partial charge is 0.313 e. The highest BCUT2D eigenvalue weighted by Crippen LogP contribution is 2.24. The number of piperidine rings is 2. The van der Waals surface area contributed by atoms with E-state index in [4.69, 9.17) is 0 Å². The van der Waals surface area contributed by atoms with Gasteiger partial charge in [0.2, 0.25) is 0 Å². The van der Waals surface area contributed by atoms with Crippen LogP contribution >= 0.6 is 0 Å². The Kier molecular flexibility index (Phi) is 5.46. The van der Waals surface area contributed by atoms with Crippen molar-refractivity contribution in [3.05, 3.63) is 0 Å². The summed E-state index contributed by atoms with van der Waals surface area (Å²) >= 11 is 0. The number of rotatable bonds is 4. The molecule has 2 heterocycles. The average molecular weight is 253 g/mol. The van der Waals surface area contributed by atoms with E-state index in [1.165, 1.54) is 58.4 Å². The van der Waals surface area contributed by atoms with Gasteiger partial charge in [0, 0.05) is 25.2 Å². The normalized spacial score (nSPS) is 35.8. The van der Waals surface area contributed by atoms with Crippen LogP contribution in [-0.4, -0.2) is 61.7 Å². The van der Waals surface area contributed by atoms with Gasteiger partial charge in [0.25, 0.3) is 0 Å². The topological polar surface area (TPSA) is 18.5 Å². The van der Waals surface area contributed by atoms with Crippen LogP contribution in [0.5, 0.6) is 0 Å². The first kappa shape index (κ1) is 14.3. The second-order valence-electron chi connectivity index (χ2n) is 6.38. The Morgan fingerprint density at radius 1 is 1.17 bits per heavy atom. The van der Waals surface area contributed by atoms with Gasteiger partial charge >= 0.3 is 0 Å². The number of hydrogen-bond donors (Lipinski definition) is 1. The van der Waals surface area contributed by atoms with E-state index in [1.807, 2.05) is 0 Å². The third-order valence-corrected chi connectivity index (χ3v) is 4.67. The Morgan fingerprint density at radius 2 is 2.00 bits per heavy atom. The summed E-state index contributed by atoms with van der Waals surface area (Å²) in [6.45, 7) is 11.0. The molecule has 2 aliphatic rings. The molecule has 0 bridgehead atoms. The van der Waals surface area contributed by atoms with Crippen LogP contribution in [0.2, 0.25) is 0 Å². The lowest BCUT2D eigenvalue weighted by Crippen LogP contribution is -2.55. The van der Waals surface area contributed by atoms with Crippen LogP contribution in [0.4, 0.5) is 0 Å². The molecule has 1 N–H and O–H groups in total. The van der Waals surface area contributed by atoms with E-state index in [0.717, 1.165) is 18.0 Å². The molecule has 2 rings (SSSR count). The highest BCUT2D eigenvalue weighted by atomic mass is 15.2. The first-order valence-corrected chi connectivity index (χ1v) is 7.86. The molecule has 3 atom stereocenters. The molecule has 0 aromatic rings. The molecule has 18 heavy (non-hydrogen) atoms. The lowest BCUT2D eigenvalue weighted by Gasteiger charge is -2.45. The van der Waals surface area contributed by atoms with Gasteiger partial charge in [0.05, 0.1) is 0 Å². The van der Waals surface area contributed by atoms with Crippen molar-refractivity contribution in [2.24, 2.45) is 5.92 Å². The SMILES string of the molecule is CCCNC1CCCN(C2CCN(C)CC2C)C1. The molecule has 2 aliphatic heterocycles. The maximum absolute atomic E-state index is 3.71. The molecule has 3 heteroatoms. The molecule has 2 fully saturated rings. The molecule has 3 nitrogen and oxygen atoms in total. The molecule has 0 spiro atoms. The van der Waals surface area contributed by atoms with Gasteiger partial charge in [0.15, 0.2) is 0 Å². The predicted molar refractivity (Wildman–Crippen MR) is 78.0 cm³/mol. The standard InChI is InChI=1S/C15H31N3/c1-4-8-16-14-6-5-9-18(12-14)15-7-10-17(3)11-13(15)2/h13-16H,4-12H2,1-3H3. The van der Waals surface area contributed by atoms with E-state index >= 15 is 0 Å². The molecule has 2 saturated heterocycles. The quantitative estimate of drug-likeness (QED) is 0.824. The van der Waals surface area contributed by atoms with E-state index in [-0.39, 0.29) is 0 Å². The second kappa shape index (κ2) is 6.88. The van der Waals surface area contributed by atoms with Crippen molar-refractivity contribution in [1.29, 1.82) is 0 Å². The fraction of sp³-hybridized carbons (Fsp3) is 1.00. The molecule has 0 aromatic carbocycles. The molecule has 0 amide bonds. The minimum Gasteiger partial charge on any atom is -0.313 e. The number of likely N-dealkylation sites (tertiary alicyclic amines) is 2. The van der Waals surface area contributed by atoms with Gasteiger partial charge in [-0.25, -0.2) is 0 Å². The summed E-state index contributed by atoms with van der Waals surface area (Å²) in [5, 5.41) is 3.71. The Hall–Kier alpha value is -0.120. The fourth-order valence-corrected chi connectivity index (χ4v) is 3.71. The zero-order chi connectivity index (χ0) is 13.0. The van der Waals surface area contributed by atoms with Crippen molar-refractivity contribution in [2.75, 3.05) is 39.8 Å². The summed E-state index contributed by atoms with van der Waals surface area (Å²) in [6.07, 6.45) is 5.36. The molecule has 106 valence electrons. The van der Waals surface area contributed by atoms with Crippen LogP contribution in [0.3, 0.4) is 0 Å². The van der Waals surface area contributed by atoms with E-state index in [1.54, 1.807) is 0 Å². The molecular weight excluding hydrogens is 222 g/mol. The third kappa shape index (κ3) is 3.69. The first-order chi connectivity index (χ1) is 8.70. The fourth-order valence-electron chi connectivity index (χ4n) is 3.71. The Bertz CT molecular complexity index is 244. The van der Waals surface area contributed by atoms with E-state index in [2.05, 4.69) is 36.0 Å². The summed E-state index contributed by atoms with van der Waals surface area (Å²) in [6, 6.07) is 1.57. The molecular formula is C15H31N3. The van der Waals surface area contributed by atoms with Gasteiger partial charge in [0.1, 0.15) is 0 Å². The van der Waals surface area contributed by atoms with Crippen molar-refractivity contribution in [1.82, 2.24) is 15.1 Å². The lowest BCUT2D eigenvalue weighted by molar-refractivity contribution is 0.0513. The van der Waals surface area contributed by atoms with Gasteiger partial charge in [-0.3, -0.25) is 4.90 Å². The number of hydrogen-bond acceptors (Lipinski definition) is 3. The Balaban J connectivity index is 1.84. The zero-order valence-electron chi connectivity index (χ0n) is 12.5. The predicted octanol–water partition coefficient (Wildman–Crippen LogP) is 1.79. The summed E-state index contributed by atoms with van der Waals surface area (Å²) in [5.74, 6) is 0.827. The van der Waals surface area contributed by atoms with Crippen molar-refractivity contribution in [3.63, 3.8) is 0 Å². The van der Waals surface area contributed by atoms with Gasteiger partial charge < -0.3 is 10.2 Å². The number of nitrogens with zero attached hydrogens (tertiary/aromatic N) is 2. The zero-order valence-corrected chi connectivity index (χ0v) is 12.5. The molecule has 0 saturated carbocycles. The second-order valence-corrected chi connectivity index (χ2v) is 6.38. The lowest BCUT2D eigenvalue weighted by atomic mass is 9.90. The molecule has 0 aromatic heterocycles. The monoisotopic (exact) mass is 253 g/mol. The maximum Gasteiger partial charge on any atom is 0.0195 e. The smallest absolute Gasteiger partial charge is 0.0195 e. The molecule has 0 radical (unpaired) electrons. The first-order valence-electron chi connectivity index (χ1n) is 7.86. The van der Waals surface area contributed by atoms with Crippen molar-refractivity contribution >= 4 is 0 Å². The van der Waals surface area contributed by atoms with Gasteiger partial charge in [-0.05, 0) is 58.3 Å². The van der Waals surface area contributed by atoms with Crippen molar-refractivity contribution in [2.45, 2.75) is 51.6 Å². The summed E-state index contributed by atoms with van der Waals surface area (Å²) in [4.78, 5) is 5.26. The Labute approximate surface area is 113 Å². The van der Waals surface area contributed by atoms with E-state index < -0.39 is 0 Å². The van der Waals surface area contributed by atoms with Crippen LogP contribution < -0.4 is 5.32 Å². The minimum absolute atomic E-state index is 0.741. The summed E-state index contributed by atoms with van der Waals surface area (Å²) < 4.78 is 0. The molecule has 3 unspecified atom stereocenters. The summed E-state index contributed by atoms with van der Waals surface area (Å²) in [7, 11) is 2.26. The van der Waals surface area contributed by atoms with Crippen molar-refractivity contribution in [3.8, 4) is 0 Å².